The van der Waals surface area contributed by atoms with Crippen molar-refractivity contribution in [2.45, 2.75) is 12.8 Å². The Hall–Kier alpha value is -1.74. The van der Waals surface area contributed by atoms with Crippen LogP contribution in [-0.2, 0) is 6.42 Å². The average Bonchev–Trinajstić information content (AvgIpc) is 2.38. The molecule has 0 spiro atoms. The number of aromatic nitrogens is 1. The Kier molecular flexibility index (Phi) is 6.60. The maximum atomic E-state index is 4.26. The van der Waals surface area contributed by atoms with Crippen molar-refractivity contribution < 1.29 is 0 Å². The molecule has 17 heavy (non-hydrogen) atoms. The summed E-state index contributed by atoms with van der Waals surface area (Å²) < 4.78 is 0. The molecule has 0 amide bonds. The number of aliphatic imine (C=N–C) groups is 1. The van der Waals surface area contributed by atoms with Gasteiger partial charge in [-0.05, 0) is 18.2 Å². The normalized spacial score (nSPS) is 11.2. The van der Waals surface area contributed by atoms with Crippen LogP contribution < -0.4 is 5.32 Å². The number of allylic oxidation sites excluding steroid dienone is 1. The minimum absolute atomic E-state index is 0.873. The number of nitrogens with zero attached hydrogens (tertiary/aromatic N) is 2. The molecule has 0 aliphatic carbocycles. The van der Waals surface area contributed by atoms with Crippen molar-refractivity contribution in [3.8, 4) is 0 Å². The van der Waals surface area contributed by atoms with Gasteiger partial charge in [0.05, 0.1) is 0 Å². The van der Waals surface area contributed by atoms with Gasteiger partial charge in [0.25, 0.3) is 0 Å². The molecule has 3 heteroatoms. The highest BCUT2D eigenvalue weighted by molar-refractivity contribution is 5.94. The van der Waals surface area contributed by atoms with E-state index in [1.54, 1.807) is 12.3 Å². The SMILES string of the molecule is C=CN=C(C=C)CCNCCc1ccccn1. The lowest BCUT2D eigenvalue weighted by atomic mass is 10.2. The first-order valence-electron chi connectivity index (χ1n) is 5.77. The third-order valence-corrected chi connectivity index (χ3v) is 2.33. The smallest absolute Gasteiger partial charge is 0.0416 e. The van der Waals surface area contributed by atoms with Crippen molar-refractivity contribution in [2.24, 2.45) is 4.99 Å². The van der Waals surface area contributed by atoms with Gasteiger partial charge in [-0.25, -0.2) is 0 Å². The second-order valence-corrected chi connectivity index (χ2v) is 3.58. The first kappa shape index (κ1) is 13.3. The molecule has 0 atom stereocenters. The zero-order valence-corrected chi connectivity index (χ0v) is 10.1. The van der Waals surface area contributed by atoms with E-state index in [1.807, 2.05) is 24.4 Å². The second-order valence-electron chi connectivity index (χ2n) is 3.58. The highest BCUT2D eigenvalue weighted by Crippen LogP contribution is 1.93. The third-order valence-electron chi connectivity index (χ3n) is 2.33. The van der Waals surface area contributed by atoms with Gasteiger partial charge in [-0.15, -0.1) is 0 Å². The minimum atomic E-state index is 0.873. The number of hydrogen-bond donors (Lipinski definition) is 1. The molecule has 1 rings (SSSR count). The lowest BCUT2D eigenvalue weighted by Crippen LogP contribution is -2.20. The molecular formula is C14H19N3. The van der Waals surface area contributed by atoms with Gasteiger partial charge in [0.2, 0.25) is 0 Å². The van der Waals surface area contributed by atoms with Crippen molar-refractivity contribution in [3.63, 3.8) is 0 Å². The number of hydrogen-bond acceptors (Lipinski definition) is 3. The van der Waals surface area contributed by atoms with Gasteiger partial charge in [-0.2, -0.15) is 0 Å². The van der Waals surface area contributed by atoms with Crippen molar-refractivity contribution in [2.75, 3.05) is 13.1 Å². The molecule has 0 bridgehead atoms. The molecular weight excluding hydrogens is 210 g/mol. The zero-order chi connectivity index (χ0) is 12.3. The van der Waals surface area contributed by atoms with Gasteiger partial charge in [0.15, 0.2) is 0 Å². The number of pyridine rings is 1. The topological polar surface area (TPSA) is 37.3 Å². The fourth-order valence-electron chi connectivity index (χ4n) is 1.44. The summed E-state index contributed by atoms with van der Waals surface area (Å²) in [6.45, 7) is 9.10. The Bertz CT molecular complexity index is 368. The molecule has 0 unspecified atom stereocenters. The van der Waals surface area contributed by atoms with Crippen LogP contribution in [0, 0.1) is 0 Å². The van der Waals surface area contributed by atoms with Gasteiger partial charge in [0.1, 0.15) is 0 Å². The Morgan fingerprint density at radius 3 is 2.88 bits per heavy atom. The van der Waals surface area contributed by atoms with E-state index in [4.69, 9.17) is 0 Å². The molecule has 1 aromatic rings. The van der Waals surface area contributed by atoms with Crippen molar-refractivity contribution in [3.05, 3.63) is 55.5 Å². The lowest BCUT2D eigenvalue weighted by molar-refractivity contribution is 0.691. The molecule has 0 fully saturated rings. The largest absolute Gasteiger partial charge is 0.316 e. The molecule has 0 aliphatic rings. The Labute approximate surface area is 103 Å². The summed E-state index contributed by atoms with van der Waals surface area (Å²) in [6, 6.07) is 5.98. The van der Waals surface area contributed by atoms with E-state index in [2.05, 4.69) is 28.5 Å². The van der Waals surface area contributed by atoms with E-state index >= 15 is 0 Å². The quantitative estimate of drug-likeness (QED) is 0.549. The monoisotopic (exact) mass is 229 g/mol. The molecule has 1 heterocycles. The first-order valence-corrected chi connectivity index (χ1v) is 5.77. The highest BCUT2D eigenvalue weighted by atomic mass is 14.9. The van der Waals surface area contributed by atoms with Crippen LogP contribution in [0.5, 0.6) is 0 Å². The fraction of sp³-hybridized carbons (Fsp3) is 0.286. The zero-order valence-electron chi connectivity index (χ0n) is 10.1. The highest BCUT2D eigenvalue weighted by Gasteiger charge is 1.95. The van der Waals surface area contributed by atoms with E-state index in [9.17, 15) is 0 Å². The molecule has 0 aliphatic heterocycles. The molecule has 1 N–H and O–H groups in total. The minimum Gasteiger partial charge on any atom is -0.316 e. The summed E-state index contributed by atoms with van der Waals surface area (Å²) in [4.78, 5) is 8.37. The van der Waals surface area contributed by atoms with Crippen LogP contribution >= 0.6 is 0 Å². The van der Waals surface area contributed by atoms with Crippen molar-refractivity contribution in [1.29, 1.82) is 0 Å². The number of rotatable bonds is 8. The van der Waals surface area contributed by atoms with E-state index in [1.165, 1.54) is 0 Å². The van der Waals surface area contributed by atoms with Crippen LogP contribution in [0.3, 0.4) is 0 Å². The molecule has 0 aromatic carbocycles. The summed E-state index contributed by atoms with van der Waals surface area (Å²) in [6.07, 6.45) is 6.95. The van der Waals surface area contributed by atoms with Crippen LogP contribution in [0.4, 0.5) is 0 Å². The summed E-state index contributed by atoms with van der Waals surface area (Å²) in [5.74, 6) is 0. The molecule has 0 saturated carbocycles. The van der Waals surface area contributed by atoms with Crippen LogP contribution in [-0.4, -0.2) is 23.8 Å². The fourth-order valence-corrected chi connectivity index (χ4v) is 1.44. The molecule has 0 radical (unpaired) electrons. The first-order chi connectivity index (χ1) is 8.36. The Balaban J connectivity index is 2.14. The van der Waals surface area contributed by atoms with E-state index < -0.39 is 0 Å². The second kappa shape index (κ2) is 8.42. The summed E-state index contributed by atoms with van der Waals surface area (Å²) in [7, 11) is 0. The molecule has 3 nitrogen and oxygen atoms in total. The van der Waals surface area contributed by atoms with Crippen molar-refractivity contribution >= 4 is 5.71 Å². The van der Waals surface area contributed by atoms with Gasteiger partial charge < -0.3 is 5.32 Å². The lowest BCUT2D eigenvalue weighted by Gasteiger charge is -2.04. The van der Waals surface area contributed by atoms with Crippen LogP contribution in [0.15, 0.2) is 54.8 Å². The Morgan fingerprint density at radius 2 is 2.24 bits per heavy atom. The maximum absolute atomic E-state index is 4.26. The average molecular weight is 229 g/mol. The molecule has 0 saturated heterocycles. The van der Waals surface area contributed by atoms with E-state index in [0.29, 0.717) is 0 Å². The van der Waals surface area contributed by atoms with E-state index in [-0.39, 0.29) is 0 Å². The summed E-state index contributed by atoms with van der Waals surface area (Å²) in [5, 5.41) is 3.35. The standard InChI is InChI=1S/C14H19N3/c1-3-13(16-4-2)8-11-15-12-9-14-7-5-6-10-17-14/h3-7,10,15H,1-2,8-9,11-12H2. The van der Waals surface area contributed by atoms with Crippen LogP contribution in [0.2, 0.25) is 0 Å². The van der Waals surface area contributed by atoms with Crippen molar-refractivity contribution in [1.82, 2.24) is 10.3 Å². The maximum Gasteiger partial charge on any atom is 0.0416 e. The Morgan fingerprint density at radius 1 is 1.35 bits per heavy atom. The van der Waals surface area contributed by atoms with Crippen LogP contribution in [0.1, 0.15) is 12.1 Å². The number of nitrogens with one attached hydrogen (secondary N) is 1. The summed E-state index contributed by atoms with van der Waals surface area (Å²) in [5.41, 5.74) is 2.08. The predicted molar refractivity (Wildman–Crippen MR) is 73.3 cm³/mol. The predicted octanol–water partition coefficient (Wildman–Crippen LogP) is 2.37. The van der Waals surface area contributed by atoms with Gasteiger partial charge in [-0.1, -0.05) is 19.2 Å². The van der Waals surface area contributed by atoms with Gasteiger partial charge in [-0.3, -0.25) is 9.98 Å². The van der Waals surface area contributed by atoms with Gasteiger partial charge >= 0.3 is 0 Å². The van der Waals surface area contributed by atoms with E-state index in [0.717, 1.165) is 37.3 Å². The third kappa shape index (κ3) is 5.78. The van der Waals surface area contributed by atoms with Gasteiger partial charge in [0, 0.05) is 49.7 Å². The summed E-state index contributed by atoms with van der Waals surface area (Å²) >= 11 is 0. The molecule has 1 aromatic heterocycles. The molecule has 90 valence electrons. The van der Waals surface area contributed by atoms with Crippen LogP contribution in [0.25, 0.3) is 0 Å².